The van der Waals surface area contributed by atoms with E-state index in [0.717, 1.165) is 15.6 Å². The maximum atomic E-state index is 12.6. The second-order valence-corrected chi connectivity index (χ2v) is 5.70. The zero-order valence-corrected chi connectivity index (χ0v) is 12.7. The molecule has 3 nitrogen and oxygen atoms in total. The Morgan fingerprint density at radius 2 is 1.35 bits per heavy atom. The van der Waals surface area contributed by atoms with Crippen molar-refractivity contribution in [3.63, 3.8) is 0 Å². The van der Waals surface area contributed by atoms with Crippen LogP contribution in [0.25, 0.3) is 0 Å². The lowest BCUT2D eigenvalue weighted by molar-refractivity contribution is 0.0926. The van der Waals surface area contributed by atoms with Crippen LogP contribution in [0.4, 0.5) is 5.69 Å². The smallest absolute Gasteiger partial charge is 0.266 e. The standard InChI is InChI=1S/C16H12BrNO2/c1-9-7-8-10(2)14-13(9)15(19)18(16(14)20)12-6-4-3-5-11(12)17/h3-8H,1-2H3. The number of rotatable bonds is 1. The lowest BCUT2D eigenvalue weighted by Gasteiger charge is -2.15. The van der Waals surface area contributed by atoms with Gasteiger partial charge >= 0.3 is 0 Å². The molecule has 100 valence electrons. The molecule has 2 amide bonds. The van der Waals surface area contributed by atoms with E-state index in [9.17, 15) is 9.59 Å². The Balaban J connectivity index is 2.23. The second kappa shape index (κ2) is 4.56. The van der Waals surface area contributed by atoms with Crippen LogP contribution in [0.1, 0.15) is 31.8 Å². The molecule has 0 atom stereocenters. The van der Waals surface area contributed by atoms with E-state index in [1.807, 2.05) is 44.2 Å². The summed E-state index contributed by atoms with van der Waals surface area (Å²) in [6.07, 6.45) is 0. The summed E-state index contributed by atoms with van der Waals surface area (Å²) in [5, 5.41) is 0. The van der Waals surface area contributed by atoms with Crippen molar-refractivity contribution in [3.05, 3.63) is 63.1 Å². The fourth-order valence-electron chi connectivity index (χ4n) is 2.53. The molecule has 1 aliphatic rings. The van der Waals surface area contributed by atoms with Crippen LogP contribution >= 0.6 is 15.9 Å². The third kappa shape index (κ3) is 1.72. The van der Waals surface area contributed by atoms with Crippen molar-refractivity contribution in [2.75, 3.05) is 4.90 Å². The molecule has 2 aromatic rings. The predicted molar refractivity (Wildman–Crippen MR) is 81.2 cm³/mol. The highest BCUT2D eigenvalue weighted by molar-refractivity contribution is 9.10. The van der Waals surface area contributed by atoms with Crippen molar-refractivity contribution in [2.24, 2.45) is 0 Å². The quantitative estimate of drug-likeness (QED) is 0.745. The summed E-state index contributed by atoms with van der Waals surface area (Å²) in [6, 6.07) is 11.0. The maximum absolute atomic E-state index is 12.6. The summed E-state index contributed by atoms with van der Waals surface area (Å²) in [7, 11) is 0. The van der Waals surface area contributed by atoms with Crippen molar-refractivity contribution in [2.45, 2.75) is 13.8 Å². The summed E-state index contributed by atoms with van der Waals surface area (Å²) in [5.41, 5.74) is 3.28. The van der Waals surface area contributed by atoms with E-state index in [0.29, 0.717) is 16.8 Å². The fourth-order valence-corrected chi connectivity index (χ4v) is 2.99. The molecule has 0 saturated heterocycles. The van der Waals surface area contributed by atoms with Gasteiger partial charge in [-0.25, -0.2) is 4.90 Å². The number of hydrogen-bond donors (Lipinski definition) is 0. The molecule has 1 heterocycles. The highest BCUT2D eigenvalue weighted by Gasteiger charge is 2.39. The van der Waals surface area contributed by atoms with Gasteiger partial charge in [0.15, 0.2) is 0 Å². The van der Waals surface area contributed by atoms with Gasteiger partial charge in [0, 0.05) is 4.47 Å². The number of nitrogens with zero attached hydrogens (tertiary/aromatic N) is 1. The molecule has 0 fully saturated rings. The Hall–Kier alpha value is -1.94. The Bertz CT molecular complexity index is 711. The van der Waals surface area contributed by atoms with E-state index >= 15 is 0 Å². The molecule has 0 spiro atoms. The van der Waals surface area contributed by atoms with Crippen LogP contribution in [-0.4, -0.2) is 11.8 Å². The van der Waals surface area contributed by atoms with E-state index in [-0.39, 0.29) is 11.8 Å². The number of amides is 2. The van der Waals surface area contributed by atoms with Crippen molar-refractivity contribution in [1.29, 1.82) is 0 Å². The van der Waals surface area contributed by atoms with Gasteiger partial charge in [0.05, 0.1) is 16.8 Å². The number of benzene rings is 2. The summed E-state index contributed by atoms with van der Waals surface area (Å²) < 4.78 is 0.727. The van der Waals surface area contributed by atoms with Crippen LogP contribution < -0.4 is 4.90 Å². The van der Waals surface area contributed by atoms with Crippen molar-refractivity contribution in [3.8, 4) is 0 Å². The molecule has 1 aliphatic heterocycles. The normalized spacial score (nSPS) is 13.8. The first-order valence-corrected chi connectivity index (χ1v) is 7.05. The van der Waals surface area contributed by atoms with Gasteiger partial charge in [0.2, 0.25) is 0 Å². The van der Waals surface area contributed by atoms with E-state index in [2.05, 4.69) is 15.9 Å². The van der Waals surface area contributed by atoms with Crippen molar-refractivity contribution < 1.29 is 9.59 Å². The largest absolute Gasteiger partial charge is 0.268 e. The molecular formula is C16H12BrNO2. The first kappa shape index (κ1) is 13.1. The number of imide groups is 1. The molecule has 0 unspecified atom stereocenters. The predicted octanol–water partition coefficient (Wildman–Crippen LogP) is 3.87. The minimum atomic E-state index is -0.252. The zero-order valence-electron chi connectivity index (χ0n) is 11.1. The van der Waals surface area contributed by atoms with Crippen LogP contribution in [0.15, 0.2) is 40.9 Å². The van der Waals surface area contributed by atoms with Gasteiger partial charge in [0.1, 0.15) is 0 Å². The number of carbonyl (C=O) groups is 2. The van der Waals surface area contributed by atoms with Crippen LogP contribution in [0.3, 0.4) is 0 Å². The molecule has 0 aromatic heterocycles. The summed E-state index contributed by atoms with van der Waals surface area (Å²) in [5.74, 6) is -0.504. The molecule has 0 saturated carbocycles. The number of carbonyl (C=O) groups excluding carboxylic acids is 2. The first-order valence-electron chi connectivity index (χ1n) is 6.26. The topological polar surface area (TPSA) is 37.4 Å². The number of para-hydroxylation sites is 1. The fraction of sp³-hybridized carbons (Fsp3) is 0.125. The average molecular weight is 330 g/mol. The van der Waals surface area contributed by atoms with E-state index in [1.165, 1.54) is 4.90 Å². The lowest BCUT2D eigenvalue weighted by Crippen LogP contribution is -2.29. The van der Waals surface area contributed by atoms with Gasteiger partial charge in [-0.3, -0.25) is 9.59 Å². The third-order valence-electron chi connectivity index (χ3n) is 3.55. The van der Waals surface area contributed by atoms with E-state index in [4.69, 9.17) is 0 Å². The summed E-state index contributed by atoms with van der Waals surface area (Å²) in [4.78, 5) is 26.5. The van der Waals surface area contributed by atoms with Crippen LogP contribution in [0, 0.1) is 13.8 Å². The minimum Gasteiger partial charge on any atom is -0.268 e. The maximum Gasteiger partial charge on any atom is 0.266 e. The van der Waals surface area contributed by atoms with Crippen LogP contribution in [0.5, 0.6) is 0 Å². The van der Waals surface area contributed by atoms with Crippen LogP contribution in [0.2, 0.25) is 0 Å². The molecule has 0 N–H and O–H groups in total. The first-order chi connectivity index (χ1) is 9.52. The van der Waals surface area contributed by atoms with Gasteiger partial charge in [-0.1, -0.05) is 24.3 Å². The Kier molecular flexibility index (Phi) is 2.98. The molecule has 0 radical (unpaired) electrons. The SMILES string of the molecule is Cc1ccc(C)c2c1C(=O)N(c1ccccc1Br)C2=O. The number of anilines is 1. The summed E-state index contributed by atoms with van der Waals surface area (Å²) in [6.45, 7) is 3.71. The second-order valence-electron chi connectivity index (χ2n) is 4.85. The van der Waals surface area contributed by atoms with Gasteiger partial charge in [-0.2, -0.15) is 0 Å². The van der Waals surface area contributed by atoms with Crippen LogP contribution in [-0.2, 0) is 0 Å². The Labute approximate surface area is 125 Å². The van der Waals surface area contributed by atoms with Crippen molar-refractivity contribution in [1.82, 2.24) is 0 Å². The molecule has 0 aliphatic carbocycles. The zero-order chi connectivity index (χ0) is 14.4. The number of fused-ring (bicyclic) bond motifs is 1. The number of aryl methyl sites for hydroxylation is 2. The lowest BCUT2D eigenvalue weighted by atomic mass is 9.99. The van der Waals surface area contributed by atoms with Crippen molar-refractivity contribution >= 4 is 33.4 Å². The van der Waals surface area contributed by atoms with Gasteiger partial charge in [-0.15, -0.1) is 0 Å². The molecule has 0 bridgehead atoms. The van der Waals surface area contributed by atoms with E-state index in [1.54, 1.807) is 6.07 Å². The van der Waals surface area contributed by atoms with Gasteiger partial charge < -0.3 is 0 Å². The van der Waals surface area contributed by atoms with Gasteiger partial charge in [-0.05, 0) is 53.0 Å². The number of halogens is 1. The molecule has 20 heavy (non-hydrogen) atoms. The molecular weight excluding hydrogens is 318 g/mol. The third-order valence-corrected chi connectivity index (χ3v) is 4.22. The molecule has 4 heteroatoms. The van der Waals surface area contributed by atoms with E-state index < -0.39 is 0 Å². The summed E-state index contributed by atoms with van der Waals surface area (Å²) >= 11 is 3.40. The minimum absolute atomic E-state index is 0.252. The Morgan fingerprint density at radius 3 is 1.85 bits per heavy atom. The monoisotopic (exact) mass is 329 g/mol. The molecule has 2 aromatic carbocycles. The van der Waals surface area contributed by atoms with Gasteiger partial charge in [0.25, 0.3) is 11.8 Å². The molecule has 3 rings (SSSR count). The Morgan fingerprint density at radius 1 is 0.850 bits per heavy atom. The highest BCUT2D eigenvalue weighted by Crippen LogP contribution is 2.35. The average Bonchev–Trinajstić information content (AvgIpc) is 2.68. The highest BCUT2D eigenvalue weighted by atomic mass is 79.9. The number of hydrogen-bond acceptors (Lipinski definition) is 2.